The van der Waals surface area contributed by atoms with Crippen molar-refractivity contribution in [3.63, 3.8) is 0 Å². The van der Waals surface area contributed by atoms with E-state index in [2.05, 4.69) is 26.2 Å². The Labute approximate surface area is 119 Å². The van der Waals surface area contributed by atoms with Crippen LogP contribution in [-0.4, -0.2) is 12.1 Å². The second kappa shape index (κ2) is 6.07. The van der Waals surface area contributed by atoms with E-state index in [0.717, 1.165) is 15.9 Å². The average molecular weight is 328 g/mol. The summed E-state index contributed by atoms with van der Waals surface area (Å²) < 4.78 is 6.05. The van der Waals surface area contributed by atoms with Crippen molar-refractivity contribution in [2.45, 2.75) is 6.54 Å². The Balaban J connectivity index is 2.08. The number of nitrogens with zero attached hydrogens (tertiary/aromatic N) is 1. The first kappa shape index (κ1) is 13.2. The number of aromatic nitrogens is 1. The maximum absolute atomic E-state index is 5.95. The van der Waals surface area contributed by atoms with Gasteiger partial charge >= 0.3 is 0 Å². The summed E-state index contributed by atoms with van der Waals surface area (Å²) >= 11 is 9.42. The van der Waals surface area contributed by atoms with E-state index >= 15 is 0 Å². The fourth-order valence-electron chi connectivity index (χ4n) is 1.49. The number of anilines is 1. The summed E-state index contributed by atoms with van der Waals surface area (Å²) in [4.78, 5) is 4.33. The predicted molar refractivity (Wildman–Crippen MR) is 77.3 cm³/mol. The van der Waals surface area contributed by atoms with Crippen LogP contribution in [0.2, 0.25) is 5.02 Å². The molecule has 18 heavy (non-hydrogen) atoms. The minimum absolute atomic E-state index is 0.607. The first-order chi connectivity index (χ1) is 8.69. The zero-order valence-corrected chi connectivity index (χ0v) is 12.1. The summed E-state index contributed by atoms with van der Waals surface area (Å²) in [5.41, 5.74) is 1.84. The summed E-state index contributed by atoms with van der Waals surface area (Å²) in [5.74, 6) is 0.611. The molecule has 0 aliphatic carbocycles. The number of benzene rings is 1. The lowest BCUT2D eigenvalue weighted by Crippen LogP contribution is -2.02. The molecule has 1 heterocycles. The highest BCUT2D eigenvalue weighted by Crippen LogP contribution is 2.26. The van der Waals surface area contributed by atoms with E-state index in [4.69, 9.17) is 16.3 Å². The van der Waals surface area contributed by atoms with Gasteiger partial charge in [0, 0.05) is 15.6 Å². The molecule has 0 saturated carbocycles. The summed E-state index contributed by atoms with van der Waals surface area (Å²) in [6, 6.07) is 11.3. The minimum atomic E-state index is 0.607. The second-order valence-corrected chi connectivity index (χ2v) is 4.94. The number of nitrogens with one attached hydrogen (secondary N) is 1. The van der Waals surface area contributed by atoms with Crippen molar-refractivity contribution in [3.8, 4) is 5.88 Å². The van der Waals surface area contributed by atoms with Crippen molar-refractivity contribution in [2.24, 2.45) is 0 Å². The zero-order valence-electron chi connectivity index (χ0n) is 9.78. The Hall–Kier alpha value is -1.26. The molecule has 3 nitrogen and oxygen atoms in total. The van der Waals surface area contributed by atoms with E-state index in [0.29, 0.717) is 17.4 Å². The van der Waals surface area contributed by atoms with Crippen LogP contribution in [0.3, 0.4) is 0 Å². The molecule has 1 aromatic carbocycles. The van der Waals surface area contributed by atoms with Crippen LogP contribution in [0.5, 0.6) is 5.88 Å². The molecule has 0 bridgehead atoms. The SMILES string of the molecule is COc1cccc(CNc2cc(Cl)ccc2Br)n1. The van der Waals surface area contributed by atoms with E-state index in [-0.39, 0.29) is 0 Å². The Bertz CT molecular complexity index is 548. The van der Waals surface area contributed by atoms with Crippen molar-refractivity contribution in [1.29, 1.82) is 0 Å². The van der Waals surface area contributed by atoms with Crippen LogP contribution < -0.4 is 10.1 Å². The normalized spacial score (nSPS) is 10.2. The third-order valence-electron chi connectivity index (χ3n) is 2.38. The molecule has 1 N–H and O–H groups in total. The molecule has 0 atom stereocenters. The van der Waals surface area contributed by atoms with Crippen LogP contribution in [0.25, 0.3) is 0 Å². The summed E-state index contributed by atoms with van der Waals surface area (Å²) in [5, 5.41) is 3.97. The standard InChI is InChI=1S/C13H12BrClN2O/c1-18-13-4-2-3-10(17-13)8-16-12-7-9(15)5-6-11(12)14/h2-7,16H,8H2,1H3. The highest BCUT2D eigenvalue weighted by atomic mass is 79.9. The number of halogens is 2. The van der Waals surface area contributed by atoms with Crippen molar-refractivity contribution < 1.29 is 4.74 Å². The van der Waals surface area contributed by atoms with Gasteiger partial charge in [-0.3, -0.25) is 0 Å². The molecule has 0 aliphatic rings. The van der Waals surface area contributed by atoms with E-state index in [1.807, 2.05) is 36.4 Å². The molecule has 0 radical (unpaired) electrons. The van der Waals surface area contributed by atoms with Gasteiger partial charge in [-0.25, -0.2) is 4.98 Å². The van der Waals surface area contributed by atoms with Crippen molar-refractivity contribution in [1.82, 2.24) is 4.98 Å². The Morgan fingerprint density at radius 3 is 2.94 bits per heavy atom. The van der Waals surface area contributed by atoms with E-state index in [1.54, 1.807) is 7.11 Å². The van der Waals surface area contributed by atoms with Gasteiger partial charge in [-0.2, -0.15) is 0 Å². The van der Waals surface area contributed by atoms with Crippen molar-refractivity contribution in [3.05, 3.63) is 51.6 Å². The highest BCUT2D eigenvalue weighted by Gasteiger charge is 2.02. The molecule has 2 rings (SSSR count). The lowest BCUT2D eigenvalue weighted by molar-refractivity contribution is 0.396. The maximum Gasteiger partial charge on any atom is 0.213 e. The molecule has 5 heteroatoms. The van der Waals surface area contributed by atoms with Gasteiger partial charge < -0.3 is 10.1 Å². The highest BCUT2D eigenvalue weighted by molar-refractivity contribution is 9.10. The van der Waals surface area contributed by atoms with Gasteiger partial charge in [0.25, 0.3) is 0 Å². The summed E-state index contributed by atoms with van der Waals surface area (Å²) in [6.45, 7) is 0.607. The number of hydrogen-bond acceptors (Lipinski definition) is 3. The third kappa shape index (κ3) is 3.37. The largest absolute Gasteiger partial charge is 0.481 e. The number of methoxy groups -OCH3 is 1. The van der Waals surface area contributed by atoms with E-state index in [9.17, 15) is 0 Å². The number of hydrogen-bond donors (Lipinski definition) is 1. The molecule has 0 spiro atoms. The first-order valence-electron chi connectivity index (χ1n) is 5.38. The third-order valence-corrected chi connectivity index (χ3v) is 3.31. The maximum atomic E-state index is 5.95. The number of ether oxygens (including phenoxy) is 1. The molecule has 0 saturated heterocycles. The van der Waals surface area contributed by atoms with Gasteiger partial charge in [-0.15, -0.1) is 0 Å². The topological polar surface area (TPSA) is 34.1 Å². The summed E-state index contributed by atoms with van der Waals surface area (Å²) in [7, 11) is 1.60. The predicted octanol–water partition coefficient (Wildman–Crippen LogP) is 4.12. The van der Waals surface area contributed by atoms with Crippen LogP contribution in [0.4, 0.5) is 5.69 Å². The first-order valence-corrected chi connectivity index (χ1v) is 6.55. The fourth-order valence-corrected chi connectivity index (χ4v) is 2.05. The monoisotopic (exact) mass is 326 g/mol. The number of rotatable bonds is 4. The van der Waals surface area contributed by atoms with Crippen LogP contribution in [0.15, 0.2) is 40.9 Å². The van der Waals surface area contributed by atoms with E-state index in [1.165, 1.54) is 0 Å². The molecule has 0 fully saturated rings. The molecule has 0 aliphatic heterocycles. The quantitative estimate of drug-likeness (QED) is 0.917. The summed E-state index contributed by atoms with van der Waals surface area (Å²) in [6.07, 6.45) is 0. The van der Waals surface area contributed by atoms with Gasteiger partial charge in [-0.05, 0) is 40.2 Å². The van der Waals surface area contributed by atoms with Gasteiger partial charge in [-0.1, -0.05) is 17.7 Å². The molecule has 0 unspecified atom stereocenters. The van der Waals surface area contributed by atoms with Gasteiger partial charge in [0.1, 0.15) is 0 Å². The molecule has 0 amide bonds. The fraction of sp³-hybridized carbons (Fsp3) is 0.154. The van der Waals surface area contributed by atoms with Crippen LogP contribution in [0.1, 0.15) is 5.69 Å². The van der Waals surface area contributed by atoms with Crippen LogP contribution in [-0.2, 0) is 6.54 Å². The Kier molecular flexibility index (Phi) is 4.44. The van der Waals surface area contributed by atoms with Gasteiger partial charge in [0.05, 0.1) is 25.0 Å². The Morgan fingerprint density at radius 2 is 2.17 bits per heavy atom. The minimum Gasteiger partial charge on any atom is -0.481 e. The molecular weight excluding hydrogens is 316 g/mol. The lowest BCUT2D eigenvalue weighted by atomic mass is 10.3. The van der Waals surface area contributed by atoms with E-state index < -0.39 is 0 Å². The smallest absolute Gasteiger partial charge is 0.213 e. The van der Waals surface area contributed by atoms with Crippen molar-refractivity contribution >= 4 is 33.2 Å². The van der Waals surface area contributed by atoms with Crippen molar-refractivity contribution in [2.75, 3.05) is 12.4 Å². The average Bonchev–Trinajstić information content (AvgIpc) is 2.40. The second-order valence-electron chi connectivity index (χ2n) is 3.65. The molecule has 2 aromatic rings. The lowest BCUT2D eigenvalue weighted by Gasteiger charge is -2.09. The number of pyridine rings is 1. The van der Waals surface area contributed by atoms with Gasteiger partial charge in [0.2, 0.25) is 5.88 Å². The molecule has 94 valence electrons. The van der Waals surface area contributed by atoms with Gasteiger partial charge in [0.15, 0.2) is 0 Å². The Morgan fingerprint density at radius 1 is 1.33 bits per heavy atom. The molecular formula is C13H12BrClN2O. The molecule has 1 aromatic heterocycles. The van der Waals surface area contributed by atoms with Crippen LogP contribution >= 0.6 is 27.5 Å². The zero-order chi connectivity index (χ0) is 13.0. The van der Waals surface area contributed by atoms with Crippen LogP contribution in [0, 0.1) is 0 Å².